The van der Waals surface area contributed by atoms with Crippen LogP contribution in [0.4, 0.5) is 0 Å². The van der Waals surface area contributed by atoms with Gasteiger partial charge in [0.2, 0.25) is 5.89 Å². The van der Waals surface area contributed by atoms with Crippen molar-refractivity contribution in [1.29, 1.82) is 0 Å². The van der Waals surface area contributed by atoms with Crippen molar-refractivity contribution in [3.05, 3.63) is 29.8 Å². The first kappa shape index (κ1) is 13.8. The number of benzene rings is 1. The highest BCUT2D eigenvalue weighted by molar-refractivity contribution is 7.99. The minimum Gasteiger partial charge on any atom is -0.411 e. The van der Waals surface area contributed by atoms with Crippen LogP contribution in [0.15, 0.2) is 33.9 Å². The second kappa shape index (κ2) is 6.52. The Morgan fingerprint density at radius 2 is 2.00 bits per heavy atom. The van der Waals surface area contributed by atoms with Gasteiger partial charge in [-0.15, -0.1) is 10.2 Å². The molecule has 2 rings (SSSR count). The lowest BCUT2D eigenvalue weighted by Gasteiger charge is -1.96. The van der Waals surface area contributed by atoms with Crippen LogP contribution >= 0.6 is 11.8 Å². The molecular formula is C14H16N2O2S. The van der Waals surface area contributed by atoms with E-state index in [1.165, 1.54) is 17.3 Å². The molecule has 0 aliphatic rings. The maximum Gasteiger partial charge on any atom is 0.276 e. The molecule has 0 saturated carbocycles. The fourth-order valence-corrected chi connectivity index (χ4v) is 2.26. The Kier molecular flexibility index (Phi) is 4.74. The second-order valence-corrected chi connectivity index (χ2v) is 5.44. The summed E-state index contributed by atoms with van der Waals surface area (Å²) in [5.41, 5.74) is 2.12. The van der Waals surface area contributed by atoms with Crippen molar-refractivity contribution in [2.75, 3.05) is 5.75 Å². The molecule has 1 heterocycles. The molecule has 2 aromatic rings. The molecule has 4 nitrogen and oxygen atoms in total. The van der Waals surface area contributed by atoms with Crippen LogP contribution in [0.3, 0.4) is 0 Å². The summed E-state index contributed by atoms with van der Waals surface area (Å²) in [7, 11) is 0. The number of thioether (sulfide) groups is 1. The fraction of sp³-hybridized carbons (Fsp3) is 0.357. The van der Waals surface area contributed by atoms with Crippen LogP contribution in [0.25, 0.3) is 11.5 Å². The topological polar surface area (TPSA) is 56.0 Å². The number of aryl methyl sites for hydroxylation is 1. The lowest BCUT2D eigenvalue weighted by molar-refractivity contribution is -0.117. The van der Waals surface area contributed by atoms with E-state index in [1.807, 2.05) is 31.2 Å². The van der Waals surface area contributed by atoms with E-state index in [1.54, 1.807) is 6.92 Å². The molecule has 0 unspecified atom stereocenters. The number of nitrogens with zero attached hydrogens (tertiary/aromatic N) is 2. The summed E-state index contributed by atoms with van der Waals surface area (Å²) in [6.45, 7) is 3.64. The molecule has 1 aromatic heterocycles. The molecule has 0 aliphatic carbocycles. The van der Waals surface area contributed by atoms with Gasteiger partial charge < -0.3 is 9.21 Å². The van der Waals surface area contributed by atoms with Crippen molar-refractivity contribution < 1.29 is 9.21 Å². The highest BCUT2D eigenvalue weighted by atomic mass is 32.2. The van der Waals surface area contributed by atoms with Crippen LogP contribution in [-0.4, -0.2) is 21.7 Å². The number of hydrogen-bond acceptors (Lipinski definition) is 5. The zero-order valence-electron chi connectivity index (χ0n) is 11.0. The summed E-state index contributed by atoms with van der Waals surface area (Å²) < 4.78 is 5.57. The van der Waals surface area contributed by atoms with E-state index < -0.39 is 0 Å². The highest BCUT2D eigenvalue weighted by Crippen LogP contribution is 2.23. The van der Waals surface area contributed by atoms with Gasteiger partial charge in [-0.3, -0.25) is 0 Å². The van der Waals surface area contributed by atoms with Crippen LogP contribution in [-0.2, 0) is 4.79 Å². The van der Waals surface area contributed by atoms with E-state index in [4.69, 9.17) is 4.42 Å². The second-order valence-electron chi connectivity index (χ2n) is 4.39. The van der Waals surface area contributed by atoms with Crippen molar-refractivity contribution in [1.82, 2.24) is 10.2 Å². The summed E-state index contributed by atoms with van der Waals surface area (Å²) >= 11 is 1.49. The number of hydrogen-bond donors (Lipinski definition) is 0. The lowest BCUT2D eigenvalue weighted by atomic mass is 10.1. The molecule has 1 aromatic carbocycles. The third-order valence-electron chi connectivity index (χ3n) is 2.60. The van der Waals surface area contributed by atoms with Gasteiger partial charge >= 0.3 is 0 Å². The standard InChI is InChI=1S/C14H16N2O2S/c1-10-5-7-12(8-6-10)13-15-16-14(18-13)19-9-3-4-11(2)17/h5-8H,3-4,9H2,1-2H3. The molecule has 100 valence electrons. The van der Waals surface area contributed by atoms with Gasteiger partial charge in [0.1, 0.15) is 5.78 Å². The van der Waals surface area contributed by atoms with Crippen LogP contribution in [0.5, 0.6) is 0 Å². The molecule has 19 heavy (non-hydrogen) atoms. The van der Waals surface area contributed by atoms with E-state index in [9.17, 15) is 4.79 Å². The summed E-state index contributed by atoms with van der Waals surface area (Å²) in [6, 6.07) is 7.96. The normalized spacial score (nSPS) is 10.6. The van der Waals surface area contributed by atoms with E-state index >= 15 is 0 Å². The van der Waals surface area contributed by atoms with E-state index in [-0.39, 0.29) is 5.78 Å². The number of carbonyl (C=O) groups is 1. The predicted octanol–water partition coefficient (Wildman–Crippen LogP) is 3.51. The Bertz CT molecular complexity index is 549. The maximum absolute atomic E-state index is 10.8. The molecule has 5 heteroatoms. The van der Waals surface area contributed by atoms with Crippen molar-refractivity contribution in [3.8, 4) is 11.5 Å². The van der Waals surface area contributed by atoms with E-state index in [0.29, 0.717) is 17.5 Å². The van der Waals surface area contributed by atoms with Gasteiger partial charge in [0, 0.05) is 17.7 Å². The summed E-state index contributed by atoms with van der Waals surface area (Å²) in [4.78, 5) is 10.8. The number of rotatable bonds is 6. The fourth-order valence-electron chi connectivity index (χ4n) is 1.56. The smallest absolute Gasteiger partial charge is 0.276 e. The van der Waals surface area contributed by atoms with Gasteiger partial charge in [0.05, 0.1) is 0 Å². The number of Topliss-reactive ketones (excluding diaryl/α,β-unsaturated/α-hetero) is 1. The quantitative estimate of drug-likeness (QED) is 0.597. The van der Waals surface area contributed by atoms with Gasteiger partial charge in [-0.2, -0.15) is 0 Å². The van der Waals surface area contributed by atoms with Crippen molar-refractivity contribution in [2.24, 2.45) is 0 Å². The molecular weight excluding hydrogens is 260 g/mol. The zero-order valence-corrected chi connectivity index (χ0v) is 11.9. The van der Waals surface area contributed by atoms with Crippen LogP contribution in [0.1, 0.15) is 25.3 Å². The molecule has 0 aliphatic heterocycles. The Labute approximate surface area is 116 Å². The summed E-state index contributed by atoms with van der Waals surface area (Å²) in [5, 5.41) is 8.57. The Morgan fingerprint density at radius 3 is 2.68 bits per heavy atom. The highest BCUT2D eigenvalue weighted by Gasteiger charge is 2.08. The monoisotopic (exact) mass is 276 g/mol. The number of ketones is 1. The third kappa shape index (κ3) is 4.21. The number of carbonyl (C=O) groups excluding carboxylic acids is 1. The van der Waals surface area contributed by atoms with Crippen LogP contribution < -0.4 is 0 Å². The first-order chi connectivity index (χ1) is 9.15. The van der Waals surface area contributed by atoms with Gasteiger partial charge in [0.15, 0.2) is 0 Å². The minimum atomic E-state index is 0.214. The Morgan fingerprint density at radius 1 is 1.26 bits per heavy atom. The van der Waals surface area contributed by atoms with Gasteiger partial charge in [-0.25, -0.2) is 0 Å². The maximum atomic E-state index is 10.8. The molecule has 0 radical (unpaired) electrons. The van der Waals surface area contributed by atoms with Crippen LogP contribution in [0, 0.1) is 6.92 Å². The van der Waals surface area contributed by atoms with Crippen molar-refractivity contribution in [2.45, 2.75) is 31.9 Å². The first-order valence-electron chi connectivity index (χ1n) is 6.18. The summed E-state index contributed by atoms with van der Waals surface area (Å²) in [6.07, 6.45) is 1.44. The average molecular weight is 276 g/mol. The lowest BCUT2D eigenvalue weighted by Crippen LogP contribution is -1.90. The molecule has 0 N–H and O–H groups in total. The molecule has 0 saturated heterocycles. The SMILES string of the molecule is CC(=O)CCCSc1nnc(-c2ccc(C)cc2)o1. The Hall–Kier alpha value is -1.62. The molecule has 0 amide bonds. The molecule has 0 fully saturated rings. The van der Waals surface area contributed by atoms with Crippen molar-refractivity contribution in [3.63, 3.8) is 0 Å². The number of aromatic nitrogens is 2. The van der Waals surface area contributed by atoms with E-state index in [2.05, 4.69) is 10.2 Å². The van der Waals surface area contributed by atoms with E-state index in [0.717, 1.165) is 17.7 Å². The van der Waals surface area contributed by atoms with Crippen LogP contribution in [0.2, 0.25) is 0 Å². The first-order valence-corrected chi connectivity index (χ1v) is 7.16. The molecule has 0 spiro atoms. The largest absolute Gasteiger partial charge is 0.411 e. The van der Waals surface area contributed by atoms with Gasteiger partial charge in [0.25, 0.3) is 5.22 Å². The molecule has 0 bridgehead atoms. The predicted molar refractivity (Wildman–Crippen MR) is 75.1 cm³/mol. The molecule has 0 atom stereocenters. The van der Waals surface area contributed by atoms with Gasteiger partial charge in [-0.1, -0.05) is 29.5 Å². The van der Waals surface area contributed by atoms with Crippen molar-refractivity contribution >= 4 is 17.5 Å². The Balaban J connectivity index is 1.91. The summed E-state index contributed by atoms with van der Waals surface area (Å²) in [5.74, 6) is 1.57. The minimum absolute atomic E-state index is 0.214. The third-order valence-corrected chi connectivity index (χ3v) is 3.51. The zero-order chi connectivity index (χ0) is 13.7. The average Bonchev–Trinajstić information content (AvgIpc) is 2.84. The van der Waals surface area contributed by atoms with Gasteiger partial charge in [-0.05, 0) is 32.4 Å².